The third kappa shape index (κ3) is 4.08. The molecule has 0 bridgehead atoms. The summed E-state index contributed by atoms with van der Waals surface area (Å²) in [5, 5.41) is 0.795. The highest BCUT2D eigenvalue weighted by Gasteiger charge is 2.40. The number of nitrogens with zero attached hydrogens (tertiary/aromatic N) is 3. The number of likely N-dealkylation sites (tertiary alicyclic amines) is 1. The second kappa shape index (κ2) is 7.87. The van der Waals surface area contributed by atoms with Gasteiger partial charge in [-0.15, -0.1) is 0 Å². The molecule has 1 amide bonds. The molecule has 0 radical (unpaired) electrons. The lowest BCUT2D eigenvalue weighted by Crippen LogP contribution is -2.62. The van der Waals surface area contributed by atoms with Crippen LogP contribution in [0.15, 0.2) is 24.3 Å². The van der Waals surface area contributed by atoms with Crippen molar-refractivity contribution in [2.24, 2.45) is 0 Å². The van der Waals surface area contributed by atoms with E-state index in [1.165, 1.54) is 5.56 Å². The molecule has 0 aliphatic carbocycles. The summed E-state index contributed by atoms with van der Waals surface area (Å²) in [6.07, 6.45) is 2.15. The molecule has 0 N–H and O–H groups in total. The van der Waals surface area contributed by atoms with Gasteiger partial charge in [-0.3, -0.25) is 14.6 Å². The maximum Gasteiger partial charge on any atom is 0.219 e. The van der Waals surface area contributed by atoms with Crippen LogP contribution in [0.5, 0.6) is 0 Å². The Hall–Kier alpha value is -1.10. The van der Waals surface area contributed by atoms with Crippen LogP contribution in [0.4, 0.5) is 0 Å². The maximum absolute atomic E-state index is 11.6. The van der Waals surface area contributed by atoms with Crippen molar-refractivity contribution in [1.29, 1.82) is 0 Å². The summed E-state index contributed by atoms with van der Waals surface area (Å²) in [6, 6.07) is 9.17. The van der Waals surface area contributed by atoms with Crippen LogP contribution in [0.3, 0.4) is 0 Å². The minimum Gasteiger partial charge on any atom is -0.343 e. The van der Waals surface area contributed by atoms with Crippen molar-refractivity contribution < 1.29 is 4.79 Å². The number of piperidine rings is 1. The Morgan fingerprint density at radius 1 is 1.15 bits per heavy atom. The van der Waals surface area contributed by atoms with Gasteiger partial charge in [0.1, 0.15) is 0 Å². The summed E-state index contributed by atoms with van der Waals surface area (Å²) in [6.45, 7) is 13.7. The molecule has 2 heterocycles. The SMILES string of the molecule is CC(=O)N1CCC(C)(N2CCN([C@@H](C)c3ccc(Cl)cc3)[C@@H](C)C2)CC1. The summed E-state index contributed by atoms with van der Waals surface area (Å²) >= 11 is 6.04. The molecule has 144 valence electrons. The van der Waals surface area contributed by atoms with E-state index in [1.54, 1.807) is 6.92 Å². The molecule has 0 spiro atoms. The first kappa shape index (κ1) is 19.7. The highest BCUT2D eigenvalue weighted by Crippen LogP contribution is 2.33. The number of hydrogen-bond acceptors (Lipinski definition) is 3. The van der Waals surface area contributed by atoms with E-state index >= 15 is 0 Å². The normalized spacial score (nSPS) is 25.9. The van der Waals surface area contributed by atoms with Gasteiger partial charge in [0.2, 0.25) is 5.91 Å². The van der Waals surface area contributed by atoms with Crippen LogP contribution in [0.1, 0.15) is 52.1 Å². The second-order valence-electron chi connectivity index (χ2n) is 8.26. The quantitative estimate of drug-likeness (QED) is 0.801. The van der Waals surface area contributed by atoms with E-state index in [9.17, 15) is 4.79 Å². The van der Waals surface area contributed by atoms with Gasteiger partial charge in [0.25, 0.3) is 0 Å². The van der Waals surface area contributed by atoms with Gasteiger partial charge in [-0.2, -0.15) is 0 Å². The molecule has 2 aliphatic heterocycles. The third-order valence-electron chi connectivity index (χ3n) is 6.58. The summed E-state index contributed by atoms with van der Waals surface area (Å²) < 4.78 is 0. The van der Waals surface area contributed by atoms with E-state index < -0.39 is 0 Å². The molecule has 0 unspecified atom stereocenters. The topological polar surface area (TPSA) is 26.8 Å². The molecule has 3 rings (SSSR count). The van der Waals surface area contributed by atoms with Gasteiger partial charge in [-0.05, 0) is 51.3 Å². The monoisotopic (exact) mass is 377 g/mol. The van der Waals surface area contributed by atoms with Crippen LogP contribution in [0, 0.1) is 0 Å². The molecule has 4 nitrogen and oxygen atoms in total. The Kier molecular flexibility index (Phi) is 5.95. The van der Waals surface area contributed by atoms with Gasteiger partial charge in [0.05, 0.1) is 0 Å². The number of benzene rings is 1. The van der Waals surface area contributed by atoms with Crippen LogP contribution in [-0.4, -0.2) is 64.9 Å². The zero-order chi connectivity index (χ0) is 18.9. The molecule has 2 saturated heterocycles. The van der Waals surface area contributed by atoms with Crippen molar-refractivity contribution in [1.82, 2.24) is 14.7 Å². The second-order valence-corrected chi connectivity index (χ2v) is 8.70. The van der Waals surface area contributed by atoms with E-state index in [4.69, 9.17) is 11.6 Å². The van der Waals surface area contributed by atoms with E-state index in [0.717, 1.165) is 50.6 Å². The smallest absolute Gasteiger partial charge is 0.219 e. The summed E-state index contributed by atoms with van der Waals surface area (Å²) in [4.78, 5) is 18.9. The fourth-order valence-corrected chi connectivity index (χ4v) is 4.72. The van der Waals surface area contributed by atoms with Crippen molar-refractivity contribution in [2.45, 2.75) is 58.2 Å². The van der Waals surface area contributed by atoms with E-state index in [0.29, 0.717) is 12.1 Å². The zero-order valence-electron chi connectivity index (χ0n) is 16.5. The predicted octanol–water partition coefficient (Wildman–Crippen LogP) is 3.81. The predicted molar refractivity (Wildman–Crippen MR) is 108 cm³/mol. The molecule has 0 saturated carbocycles. The van der Waals surface area contributed by atoms with Crippen molar-refractivity contribution >= 4 is 17.5 Å². The summed E-state index contributed by atoms with van der Waals surface area (Å²) in [5.74, 6) is 0.210. The molecule has 2 fully saturated rings. The molecular formula is C21H32ClN3O. The van der Waals surface area contributed by atoms with E-state index in [-0.39, 0.29) is 11.4 Å². The van der Waals surface area contributed by atoms with Crippen molar-refractivity contribution in [3.8, 4) is 0 Å². The van der Waals surface area contributed by atoms with Crippen LogP contribution in [0.25, 0.3) is 0 Å². The first-order valence-electron chi connectivity index (χ1n) is 9.82. The van der Waals surface area contributed by atoms with Gasteiger partial charge in [0.15, 0.2) is 0 Å². The number of carbonyl (C=O) groups is 1. The first-order chi connectivity index (χ1) is 12.3. The average molecular weight is 378 g/mol. The van der Waals surface area contributed by atoms with E-state index in [1.807, 2.05) is 17.0 Å². The molecule has 1 aromatic rings. The lowest BCUT2D eigenvalue weighted by molar-refractivity contribution is -0.132. The Morgan fingerprint density at radius 3 is 2.31 bits per heavy atom. The number of hydrogen-bond donors (Lipinski definition) is 0. The molecular weight excluding hydrogens is 346 g/mol. The van der Waals surface area contributed by atoms with Crippen molar-refractivity contribution in [3.63, 3.8) is 0 Å². The number of piperazine rings is 1. The fraction of sp³-hybridized carbons (Fsp3) is 0.667. The molecule has 5 heteroatoms. The summed E-state index contributed by atoms with van der Waals surface area (Å²) in [5.41, 5.74) is 1.55. The molecule has 26 heavy (non-hydrogen) atoms. The average Bonchev–Trinajstić information content (AvgIpc) is 2.62. The van der Waals surface area contributed by atoms with Crippen LogP contribution >= 0.6 is 11.6 Å². The lowest BCUT2D eigenvalue weighted by atomic mass is 9.86. The van der Waals surface area contributed by atoms with Gasteiger partial charge in [0, 0.05) is 62.3 Å². The Balaban J connectivity index is 1.61. The standard InChI is InChI=1S/C21H32ClN3O/c1-16-15-24(21(4)9-11-23(12-10-21)18(3)26)13-14-25(16)17(2)19-5-7-20(22)8-6-19/h5-8,16-17H,9-15H2,1-4H3/t16-,17-/m0/s1. The number of rotatable bonds is 3. The lowest BCUT2D eigenvalue weighted by Gasteiger charge is -2.52. The van der Waals surface area contributed by atoms with Crippen LogP contribution < -0.4 is 0 Å². The minimum absolute atomic E-state index is 0.210. The van der Waals surface area contributed by atoms with Crippen molar-refractivity contribution in [2.75, 3.05) is 32.7 Å². The van der Waals surface area contributed by atoms with Crippen molar-refractivity contribution in [3.05, 3.63) is 34.9 Å². The summed E-state index contributed by atoms with van der Waals surface area (Å²) in [7, 11) is 0. The maximum atomic E-state index is 11.6. The zero-order valence-corrected chi connectivity index (χ0v) is 17.3. The van der Waals surface area contributed by atoms with Gasteiger partial charge >= 0.3 is 0 Å². The van der Waals surface area contributed by atoms with E-state index in [2.05, 4.69) is 42.7 Å². The Morgan fingerprint density at radius 2 is 1.77 bits per heavy atom. The number of carbonyl (C=O) groups excluding carboxylic acids is 1. The molecule has 2 aliphatic rings. The highest BCUT2D eigenvalue weighted by molar-refractivity contribution is 6.30. The molecule has 2 atom stereocenters. The van der Waals surface area contributed by atoms with Gasteiger partial charge in [-0.1, -0.05) is 23.7 Å². The number of amides is 1. The first-order valence-corrected chi connectivity index (χ1v) is 10.2. The minimum atomic E-state index is 0.210. The molecule has 1 aromatic carbocycles. The van der Waals surface area contributed by atoms with Gasteiger partial charge < -0.3 is 4.90 Å². The van der Waals surface area contributed by atoms with Crippen LogP contribution in [0.2, 0.25) is 5.02 Å². The van der Waals surface area contributed by atoms with Crippen LogP contribution in [-0.2, 0) is 4.79 Å². The van der Waals surface area contributed by atoms with Gasteiger partial charge in [-0.25, -0.2) is 0 Å². The largest absolute Gasteiger partial charge is 0.343 e. The third-order valence-corrected chi connectivity index (χ3v) is 6.83. The highest BCUT2D eigenvalue weighted by atomic mass is 35.5. The Labute approximate surface area is 163 Å². The molecule has 0 aromatic heterocycles. The number of halogens is 1. The Bertz CT molecular complexity index is 625. The fourth-order valence-electron chi connectivity index (χ4n) is 4.59.